The largest absolute Gasteiger partial charge is 0.473 e. The van der Waals surface area contributed by atoms with E-state index in [1.165, 1.54) is 25.3 Å². The summed E-state index contributed by atoms with van der Waals surface area (Å²) in [5, 5.41) is 0.295. The summed E-state index contributed by atoms with van der Waals surface area (Å²) >= 11 is 5.82. The number of carbonyl (C=O) groups excluding carboxylic acids is 1. The molecule has 1 aliphatic rings. The molecule has 0 amide bonds. The lowest BCUT2D eigenvalue weighted by molar-refractivity contribution is 0.0601. The number of esters is 1. The molecule has 3 aromatic carbocycles. The monoisotopic (exact) mass is 605 g/mol. The van der Waals surface area contributed by atoms with Crippen LogP contribution in [0.1, 0.15) is 28.8 Å². The zero-order valence-corrected chi connectivity index (χ0v) is 23.8. The topological polar surface area (TPSA) is 84.7 Å². The molecule has 6 rings (SSSR count). The maximum atomic E-state index is 15.4. The second-order valence-electron chi connectivity index (χ2n) is 9.97. The number of fused-ring (bicyclic) bond motifs is 1. The van der Waals surface area contributed by atoms with Crippen LogP contribution in [0, 0.1) is 11.6 Å². The fraction of sp³-hybridized carbons (Fsp3) is 0.219. The lowest BCUT2D eigenvalue weighted by Gasteiger charge is -2.15. The molecule has 0 saturated carbocycles. The molecule has 11 heteroatoms. The third-order valence-corrected chi connectivity index (χ3v) is 7.32. The molecule has 0 spiro atoms. The second kappa shape index (κ2) is 12.4. The van der Waals surface area contributed by atoms with E-state index in [0.717, 1.165) is 12.8 Å². The molecule has 1 fully saturated rings. The number of rotatable bonds is 9. The van der Waals surface area contributed by atoms with Gasteiger partial charge in [-0.3, -0.25) is 4.57 Å². The zero-order valence-electron chi connectivity index (χ0n) is 23.1. The molecule has 0 aliphatic carbocycles. The summed E-state index contributed by atoms with van der Waals surface area (Å²) in [6, 6.07) is 19.0. The number of methoxy groups -OCH3 is 1. The maximum absolute atomic E-state index is 15.4. The molecule has 0 N–H and O–H groups in total. The van der Waals surface area contributed by atoms with Crippen LogP contribution in [0.15, 0.2) is 72.8 Å². The van der Waals surface area contributed by atoms with Crippen LogP contribution in [0.25, 0.3) is 22.3 Å². The van der Waals surface area contributed by atoms with Crippen LogP contribution >= 0.6 is 11.6 Å². The first kappa shape index (κ1) is 28.6. The van der Waals surface area contributed by atoms with Crippen molar-refractivity contribution in [1.29, 1.82) is 0 Å². The van der Waals surface area contributed by atoms with E-state index >= 15 is 4.39 Å². The van der Waals surface area contributed by atoms with E-state index in [2.05, 4.69) is 9.97 Å². The maximum Gasteiger partial charge on any atom is 0.337 e. The van der Waals surface area contributed by atoms with Gasteiger partial charge >= 0.3 is 12.0 Å². The molecular formula is C32H26ClF2N3O5. The lowest BCUT2D eigenvalue weighted by Crippen LogP contribution is -2.15. The normalized spacial score (nSPS) is 14.7. The smallest absolute Gasteiger partial charge is 0.337 e. The van der Waals surface area contributed by atoms with E-state index in [-0.39, 0.29) is 30.4 Å². The van der Waals surface area contributed by atoms with Crippen molar-refractivity contribution in [2.75, 3.05) is 13.7 Å². The van der Waals surface area contributed by atoms with Crippen molar-refractivity contribution >= 4 is 28.6 Å². The highest BCUT2D eigenvalue weighted by Gasteiger charge is 2.23. The molecule has 220 valence electrons. The minimum atomic E-state index is -0.625. The second-order valence-corrected chi connectivity index (χ2v) is 10.4. The molecule has 0 unspecified atom stereocenters. The Morgan fingerprint density at radius 1 is 1.05 bits per heavy atom. The summed E-state index contributed by atoms with van der Waals surface area (Å²) in [6.45, 7) is 1.04. The van der Waals surface area contributed by atoms with E-state index < -0.39 is 17.6 Å². The van der Waals surface area contributed by atoms with Gasteiger partial charge in [-0.25, -0.2) is 18.6 Å². The molecule has 5 aromatic rings. The molecule has 2 aromatic heterocycles. The summed E-state index contributed by atoms with van der Waals surface area (Å²) in [6.07, 6.45) is 1.74. The van der Waals surface area contributed by atoms with Crippen molar-refractivity contribution in [3.05, 3.63) is 101 Å². The average molecular weight is 606 g/mol. The first-order chi connectivity index (χ1) is 20.9. The Labute approximate surface area is 250 Å². The number of nitrogens with zero attached hydrogens (tertiary/aromatic N) is 3. The highest BCUT2D eigenvalue weighted by atomic mass is 35.5. The van der Waals surface area contributed by atoms with Crippen molar-refractivity contribution < 1.29 is 32.5 Å². The van der Waals surface area contributed by atoms with E-state index in [4.69, 9.17) is 30.5 Å². The van der Waals surface area contributed by atoms with Crippen LogP contribution in [-0.2, 0) is 22.6 Å². The van der Waals surface area contributed by atoms with Gasteiger partial charge in [-0.15, -0.1) is 0 Å². The summed E-state index contributed by atoms with van der Waals surface area (Å²) in [4.78, 5) is 21.2. The fourth-order valence-corrected chi connectivity index (χ4v) is 5.04. The Hall–Kier alpha value is -4.54. The first-order valence-electron chi connectivity index (χ1n) is 13.6. The number of benzene rings is 3. The molecular weight excluding hydrogens is 580 g/mol. The molecule has 1 saturated heterocycles. The zero-order chi connectivity index (χ0) is 29.9. The third-order valence-electron chi connectivity index (χ3n) is 7.09. The van der Waals surface area contributed by atoms with Crippen LogP contribution < -0.4 is 9.47 Å². The first-order valence-corrected chi connectivity index (χ1v) is 14.0. The van der Waals surface area contributed by atoms with Gasteiger partial charge in [0.05, 0.1) is 42.0 Å². The van der Waals surface area contributed by atoms with Gasteiger partial charge in [0.25, 0.3) is 0 Å². The molecule has 8 nitrogen and oxygen atoms in total. The van der Waals surface area contributed by atoms with Gasteiger partial charge in [-0.2, -0.15) is 4.98 Å². The number of hydrogen-bond acceptors (Lipinski definition) is 7. The van der Waals surface area contributed by atoms with Crippen LogP contribution in [0.5, 0.6) is 17.6 Å². The van der Waals surface area contributed by atoms with Gasteiger partial charge in [0, 0.05) is 28.8 Å². The number of halogens is 3. The third kappa shape index (κ3) is 6.30. The van der Waals surface area contributed by atoms with Crippen molar-refractivity contribution in [3.63, 3.8) is 0 Å². The minimum Gasteiger partial charge on any atom is -0.473 e. The predicted octanol–water partition coefficient (Wildman–Crippen LogP) is 7.37. The van der Waals surface area contributed by atoms with E-state index in [0.29, 0.717) is 51.6 Å². The quantitative estimate of drug-likeness (QED) is 0.162. The molecule has 1 aliphatic heterocycles. The minimum absolute atomic E-state index is 0.0357. The number of aromatic nitrogens is 3. The molecule has 0 radical (unpaired) electrons. The Kier molecular flexibility index (Phi) is 8.22. The van der Waals surface area contributed by atoms with Crippen LogP contribution in [0.4, 0.5) is 8.78 Å². The molecule has 0 bridgehead atoms. The summed E-state index contributed by atoms with van der Waals surface area (Å²) < 4.78 is 53.7. The fourth-order valence-electron chi connectivity index (χ4n) is 4.88. The van der Waals surface area contributed by atoms with Gasteiger partial charge in [0.2, 0.25) is 5.88 Å². The van der Waals surface area contributed by atoms with Crippen LogP contribution in [-0.4, -0.2) is 40.3 Å². The van der Waals surface area contributed by atoms with Crippen LogP contribution in [0.2, 0.25) is 5.02 Å². The molecule has 3 heterocycles. The Balaban J connectivity index is 1.24. The van der Waals surface area contributed by atoms with Gasteiger partial charge in [0.15, 0.2) is 11.6 Å². The highest BCUT2D eigenvalue weighted by Crippen LogP contribution is 2.32. The number of carbonyl (C=O) groups is 1. The number of hydrogen-bond donors (Lipinski definition) is 0. The number of pyridine rings is 1. The highest BCUT2D eigenvalue weighted by molar-refractivity contribution is 6.30. The van der Waals surface area contributed by atoms with E-state index in [9.17, 15) is 9.18 Å². The Bertz CT molecular complexity index is 1810. The van der Waals surface area contributed by atoms with Crippen molar-refractivity contribution in [1.82, 2.24) is 14.5 Å². The summed E-state index contributed by atoms with van der Waals surface area (Å²) in [7, 11) is 1.32. The van der Waals surface area contributed by atoms with E-state index in [1.807, 2.05) is 0 Å². The lowest BCUT2D eigenvalue weighted by atomic mass is 10.1. The van der Waals surface area contributed by atoms with Crippen LogP contribution in [0.3, 0.4) is 0 Å². The molecule has 1 atom stereocenters. The predicted molar refractivity (Wildman–Crippen MR) is 155 cm³/mol. The number of ether oxygens (including phenoxy) is 4. The summed E-state index contributed by atoms with van der Waals surface area (Å²) in [5.74, 6) is -1.36. The Morgan fingerprint density at radius 3 is 2.70 bits per heavy atom. The average Bonchev–Trinajstić information content (AvgIpc) is 3.65. The van der Waals surface area contributed by atoms with Gasteiger partial charge < -0.3 is 18.9 Å². The summed E-state index contributed by atoms with van der Waals surface area (Å²) in [5.41, 5.74) is 2.87. The molecule has 43 heavy (non-hydrogen) atoms. The van der Waals surface area contributed by atoms with Crippen molar-refractivity contribution in [2.45, 2.75) is 32.1 Å². The van der Waals surface area contributed by atoms with E-state index in [1.54, 1.807) is 59.2 Å². The SMILES string of the molecule is COC(=O)c1ccc2nc(Oc3ccc(-c4cccc(OCc5ccc(Cl)cc5F)n4)cc3F)n(C[C@@H]3CCCO3)c2c1. The van der Waals surface area contributed by atoms with Gasteiger partial charge in [-0.05, 0) is 67.4 Å². The van der Waals surface area contributed by atoms with Gasteiger partial charge in [0.1, 0.15) is 12.4 Å². The number of imidazole rings is 1. The van der Waals surface area contributed by atoms with Crippen molar-refractivity contribution in [2.24, 2.45) is 0 Å². The van der Waals surface area contributed by atoms with Gasteiger partial charge in [-0.1, -0.05) is 23.7 Å². The Morgan fingerprint density at radius 2 is 1.93 bits per heavy atom. The standard InChI is InChI=1S/C32H26ClF2N3O5/c1-40-31(39)20-8-11-27-28(15-20)38(17-23-4-3-13-41-23)32(37-27)43-29-12-9-19(14-25(29)35)26-5-2-6-30(36-26)42-18-21-7-10-22(33)16-24(21)34/h2,5-12,14-16,23H,3-4,13,17-18H2,1H3/t23-/m0/s1. The van der Waals surface area contributed by atoms with Crippen molar-refractivity contribution in [3.8, 4) is 28.9 Å².